The lowest BCUT2D eigenvalue weighted by atomic mass is 10.3. The molecule has 2 heterocycles. The molecule has 0 saturated carbocycles. The van der Waals surface area contributed by atoms with Crippen LogP contribution in [0.15, 0.2) is 28.7 Å². The first kappa shape index (κ1) is 9.91. The number of hydrogen-bond donors (Lipinski definition) is 1. The summed E-state index contributed by atoms with van der Waals surface area (Å²) in [6.07, 6.45) is 0. The van der Waals surface area contributed by atoms with E-state index in [0.29, 0.717) is 5.01 Å². The van der Waals surface area contributed by atoms with Gasteiger partial charge in [-0.2, -0.15) is 0 Å². The van der Waals surface area contributed by atoms with E-state index in [-0.39, 0.29) is 11.9 Å². The fourth-order valence-electron chi connectivity index (χ4n) is 1.39. The summed E-state index contributed by atoms with van der Waals surface area (Å²) < 4.78 is 5.80. The Hall–Kier alpha value is -2.28. The highest BCUT2D eigenvalue weighted by atomic mass is 32.1. The number of ketones is 1. The summed E-state index contributed by atoms with van der Waals surface area (Å²) in [6.45, 7) is 0. The number of nitrogens with zero attached hydrogens (tertiary/aromatic N) is 3. The van der Waals surface area contributed by atoms with Crippen LogP contribution in [0.3, 0.4) is 0 Å². The summed E-state index contributed by atoms with van der Waals surface area (Å²) in [7, 11) is 0. The van der Waals surface area contributed by atoms with E-state index in [1.165, 1.54) is 11.3 Å². The van der Waals surface area contributed by atoms with Gasteiger partial charge in [0.2, 0.25) is 0 Å². The summed E-state index contributed by atoms with van der Waals surface area (Å²) >= 11 is 1.28. The molecule has 0 amide bonds. The second-order valence-electron chi connectivity index (χ2n) is 3.26. The summed E-state index contributed by atoms with van der Waals surface area (Å²) in [5.74, 6) is -0.544. The zero-order chi connectivity index (χ0) is 11.8. The van der Waals surface area contributed by atoms with Crippen LogP contribution >= 0.6 is 11.3 Å². The molecule has 0 aliphatic rings. The second kappa shape index (κ2) is 3.63. The number of carbonyl (C=O) groups excluding carboxylic acids is 1. The van der Waals surface area contributed by atoms with E-state index >= 15 is 0 Å². The highest BCUT2D eigenvalue weighted by molar-refractivity contribution is 7.20. The first-order valence-corrected chi connectivity index (χ1v) is 5.55. The quantitative estimate of drug-likeness (QED) is 0.688. The van der Waals surface area contributed by atoms with Gasteiger partial charge in [0.25, 0.3) is 11.7 Å². The number of hydrogen-bond acceptors (Lipinski definition) is 7. The van der Waals surface area contributed by atoms with Gasteiger partial charge in [-0.3, -0.25) is 4.79 Å². The molecular formula is C10H6N4O2S. The molecule has 0 aliphatic carbocycles. The third-order valence-electron chi connectivity index (χ3n) is 2.12. The van der Waals surface area contributed by atoms with Gasteiger partial charge in [-0.1, -0.05) is 17.2 Å². The Balaban J connectivity index is 2.06. The van der Waals surface area contributed by atoms with Gasteiger partial charge in [0, 0.05) is 0 Å². The first-order chi connectivity index (χ1) is 8.24. The average Bonchev–Trinajstić information content (AvgIpc) is 2.93. The summed E-state index contributed by atoms with van der Waals surface area (Å²) in [6, 6.07) is 7.35. The number of para-hydroxylation sites is 1. The Morgan fingerprint density at radius 2 is 2.12 bits per heavy atom. The van der Waals surface area contributed by atoms with Crippen molar-refractivity contribution in [1.82, 2.24) is 15.2 Å². The molecule has 0 spiro atoms. The number of benzene rings is 1. The molecule has 6 nitrogen and oxygen atoms in total. The molecule has 0 atom stereocenters. The first-order valence-electron chi connectivity index (χ1n) is 4.73. The summed E-state index contributed by atoms with van der Waals surface area (Å²) in [5.41, 5.74) is 6.03. The number of rotatable bonds is 2. The number of nitrogens with two attached hydrogens (primary N) is 1. The van der Waals surface area contributed by atoms with Crippen LogP contribution in [0.2, 0.25) is 0 Å². The number of aromatic nitrogens is 3. The average molecular weight is 246 g/mol. The summed E-state index contributed by atoms with van der Waals surface area (Å²) in [4.78, 5) is 16.1. The number of thiazole rings is 1. The lowest BCUT2D eigenvalue weighted by molar-refractivity contribution is 0.100. The Bertz CT molecular complexity index is 670. The van der Waals surface area contributed by atoms with Crippen molar-refractivity contribution < 1.29 is 9.21 Å². The van der Waals surface area contributed by atoms with E-state index in [1.807, 2.05) is 24.3 Å². The van der Waals surface area contributed by atoms with Crippen LogP contribution in [0.1, 0.15) is 15.7 Å². The van der Waals surface area contributed by atoms with Crippen LogP contribution in [0, 0.1) is 0 Å². The predicted octanol–water partition coefficient (Wildman–Crippen LogP) is 1.49. The molecule has 2 aromatic heterocycles. The minimum atomic E-state index is -0.407. The molecule has 84 valence electrons. The van der Waals surface area contributed by atoms with Gasteiger partial charge in [-0.25, -0.2) is 4.98 Å². The molecule has 0 saturated heterocycles. The maximum atomic E-state index is 11.9. The molecular weight excluding hydrogens is 240 g/mol. The molecule has 0 bridgehead atoms. The highest BCUT2D eigenvalue weighted by Gasteiger charge is 2.20. The van der Waals surface area contributed by atoms with Crippen molar-refractivity contribution in [3.05, 3.63) is 35.2 Å². The van der Waals surface area contributed by atoms with E-state index in [1.54, 1.807) is 0 Å². The topological polar surface area (TPSA) is 94.9 Å². The van der Waals surface area contributed by atoms with Crippen molar-refractivity contribution in [1.29, 1.82) is 0 Å². The minimum Gasteiger partial charge on any atom is -0.400 e. The fourth-order valence-corrected chi connectivity index (χ4v) is 2.28. The molecule has 3 rings (SSSR count). The lowest BCUT2D eigenvalue weighted by Crippen LogP contribution is -2.00. The third-order valence-corrected chi connectivity index (χ3v) is 3.16. The fraction of sp³-hybridized carbons (Fsp3) is 0. The van der Waals surface area contributed by atoms with E-state index < -0.39 is 5.78 Å². The van der Waals surface area contributed by atoms with Crippen molar-refractivity contribution >= 4 is 33.4 Å². The van der Waals surface area contributed by atoms with E-state index in [9.17, 15) is 4.79 Å². The normalized spacial score (nSPS) is 10.8. The maximum Gasteiger partial charge on any atom is 0.313 e. The Kier molecular flexibility index (Phi) is 2.12. The van der Waals surface area contributed by atoms with Crippen molar-refractivity contribution in [3.8, 4) is 0 Å². The smallest absolute Gasteiger partial charge is 0.313 e. The van der Waals surface area contributed by atoms with Crippen LogP contribution in [-0.4, -0.2) is 21.0 Å². The van der Waals surface area contributed by atoms with Crippen LogP contribution in [-0.2, 0) is 0 Å². The lowest BCUT2D eigenvalue weighted by Gasteiger charge is -1.86. The van der Waals surface area contributed by atoms with E-state index in [2.05, 4.69) is 15.2 Å². The minimum absolute atomic E-state index is 0.130. The van der Waals surface area contributed by atoms with Gasteiger partial charge in [-0.05, 0) is 12.1 Å². The van der Waals surface area contributed by atoms with Crippen molar-refractivity contribution in [2.75, 3.05) is 5.73 Å². The van der Waals surface area contributed by atoms with Crippen molar-refractivity contribution in [2.24, 2.45) is 0 Å². The Morgan fingerprint density at radius 1 is 1.29 bits per heavy atom. The van der Waals surface area contributed by atoms with Gasteiger partial charge in [0.05, 0.1) is 10.2 Å². The third kappa shape index (κ3) is 1.66. The zero-order valence-corrected chi connectivity index (χ0v) is 9.27. The number of carbonyl (C=O) groups is 1. The van der Waals surface area contributed by atoms with Gasteiger partial charge < -0.3 is 10.2 Å². The number of anilines is 1. The Labute approximate surface area is 99.1 Å². The molecule has 3 aromatic rings. The van der Waals surface area contributed by atoms with Crippen LogP contribution in [0.25, 0.3) is 10.2 Å². The van der Waals surface area contributed by atoms with Gasteiger partial charge in [0.1, 0.15) is 0 Å². The zero-order valence-electron chi connectivity index (χ0n) is 8.45. The molecule has 0 unspecified atom stereocenters. The molecule has 2 N–H and O–H groups in total. The molecule has 0 aliphatic heterocycles. The highest BCUT2D eigenvalue weighted by Crippen LogP contribution is 2.23. The molecule has 0 fully saturated rings. The largest absolute Gasteiger partial charge is 0.400 e. The predicted molar refractivity (Wildman–Crippen MR) is 61.8 cm³/mol. The van der Waals surface area contributed by atoms with Crippen molar-refractivity contribution in [2.45, 2.75) is 0 Å². The second-order valence-corrected chi connectivity index (χ2v) is 4.29. The van der Waals surface area contributed by atoms with E-state index in [0.717, 1.165) is 10.2 Å². The van der Waals surface area contributed by atoms with Gasteiger partial charge in [-0.15, -0.1) is 16.4 Å². The molecule has 1 aromatic carbocycles. The summed E-state index contributed by atoms with van der Waals surface area (Å²) in [5, 5.41) is 7.29. The molecule has 0 radical (unpaired) electrons. The number of nitrogen functional groups attached to an aromatic ring is 1. The Morgan fingerprint density at radius 3 is 2.82 bits per heavy atom. The maximum absolute atomic E-state index is 11.9. The van der Waals surface area contributed by atoms with Gasteiger partial charge >= 0.3 is 6.01 Å². The number of fused-ring (bicyclic) bond motifs is 1. The standard InChI is InChI=1S/C10H6N4O2S/c11-10-14-13-8(16-10)7(15)9-12-5-3-1-2-4-6(5)17-9/h1-4H,(H2,11,14). The van der Waals surface area contributed by atoms with Gasteiger partial charge in [0.15, 0.2) is 5.01 Å². The van der Waals surface area contributed by atoms with E-state index in [4.69, 9.17) is 10.2 Å². The van der Waals surface area contributed by atoms with Crippen LogP contribution in [0.5, 0.6) is 0 Å². The van der Waals surface area contributed by atoms with Crippen LogP contribution < -0.4 is 5.73 Å². The van der Waals surface area contributed by atoms with Crippen LogP contribution in [0.4, 0.5) is 6.01 Å². The molecule has 7 heteroatoms. The molecule has 17 heavy (non-hydrogen) atoms. The SMILES string of the molecule is Nc1nnc(C(=O)c2nc3ccccc3s2)o1. The van der Waals surface area contributed by atoms with Crippen molar-refractivity contribution in [3.63, 3.8) is 0 Å². The monoisotopic (exact) mass is 246 g/mol.